The summed E-state index contributed by atoms with van der Waals surface area (Å²) in [6.07, 6.45) is 97.2. The van der Waals surface area contributed by atoms with Gasteiger partial charge in [-0.05, 0) is 96.3 Å². The van der Waals surface area contributed by atoms with Gasteiger partial charge in [0.15, 0.2) is 6.10 Å². The Bertz CT molecular complexity index is 1660. The largest absolute Gasteiger partial charge is 0.462 e. The van der Waals surface area contributed by atoms with Gasteiger partial charge in [-0.1, -0.05) is 336 Å². The van der Waals surface area contributed by atoms with Crippen molar-refractivity contribution in [1.82, 2.24) is 0 Å². The number of allylic oxidation sites excluding steroid dienone is 18. The van der Waals surface area contributed by atoms with Crippen molar-refractivity contribution in [1.29, 1.82) is 0 Å². The third-order valence-corrected chi connectivity index (χ3v) is 15.3. The lowest BCUT2D eigenvalue weighted by atomic mass is 10.0. The Hall–Kier alpha value is -3.93. The molecule has 0 N–H and O–H groups in total. The molecule has 0 bridgehead atoms. The highest BCUT2D eigenvalue weighted by molar-refractivity contribution is 5.71. The van der Waals surface area contributed by atoms with Crippen LogP contribution < -0.4 is 0 Å². The van der Waals surface area contributed by atoms with Crippen molar-refractivity contribution >= 4 is 17.9 Å². The highest BCUT2D eigenvalue weighted by Gasteiger charge is 2.19. The molecule has 0 radical (unpaired) electrons. The zero-order valence-corrected chi connectivity index (χ0v) is 54.7. The number of hydrogen-bond acceptors (Lipinski definition) is 6. The molecule has 6 nitrogen and oxygen atoms in total. The van der Waals surface area contributed by atoms with Crippen LogP contribution >= 0.6 is 0 Å². The molecule has 0 saturated carbocycles. The van der Waals surface area contributed by atoms with Gasteiger partial charge in [0.25, 0.3) is 0 Å². The van der Waals surface area contributed by atoms with E-state index in [1.54, 1.807) is 0 Å². The summed E-state index contributed by atoms with van der Waals surface area (Å²) >= 11 is 0. The highest BCUT2D eigenvalue weighted by Crippen LogP contribution is 2.18. The fourth-order valence-corrected chi connectivity index (χ4v) is 10.1. The minimum atomic E-state index is -0.821. The minimum absolute atomic E-state index is 0.108. The quantitative estimate of drug-likeness (QED) is 0.0261. The van der Waals surface area contributed by atoms with E-state index in [1.807, 2.05) is 0 Å². The molecular formula is C77H132O6. The molecule has 0 aliphatic carbocycles. The van der Waals surface area contributed by atoms with Crippen molar-refractivity contribution in [3.05, 3.63) is 109 Å². The maximum Gasteiger partial charge on any atom is 0.306 e. The average molecular weight is 1150 g/mol. The third kappa shape index (κ3) is 68.7. The van der Waals surface area contributed by atoms with E-state index in [9.17, 15) is 14.4 Å². The standard InChI is InChI=1S/C77H132O6/c1-4-7-10-13-16-19-22-25-28-31-32-33-34-35-36-37-38-39-40-41-42-43-44-47-49-52-55-58-61-64-67-70-76(79)82-73-74(83-77(80)71-68-65-62-59-56-53-50-46-30-27-24-21-18-15-12-9-6-3)72-81-75(78)69-66-63-60-57-54-51-48-45-29-26-23-20-17-14-11-8-5-2/h8-9,11-12,17-18,20-21,26-27,29-30,48,50-51,53,59,62,74H,4-7,10,13-16,19,22-25,28,31-47,49,52,54-58,60-61,63-73H2,1-3H3/b11-8-,12-9-,20-17-,21-18-,29-26-,30-27-,51-48-,53-50-,62-59-. The van der Waals surface area contributed by atoms with Gasteiger partial charge >= 0.3 is 17.9 Å². The summed E-state index contributed by atoms with van der Waals surface area (Å²) in [6.45, 7) is 6.38. The van der Waals surface area contributed by atoms with Crippen LogP contribution in [0.15, 0.2) is 109 Å². The maximum atomic E-state index is 12.9. The van der Waals surface area contributed by atoms with Crippen LogP contribution in [0.4, 0.5) is 0 Å². The lowest BCUT2D eigenvalue weighted by molar-refractivity contribution is -0.167. The Balaban J connectivity index is 4.28. The molecule has 1 atom stereocenters. The topological polar surface area (TPSA) is 78.9 Å². The summed E-state index contributed by atoms with van der Waals surface area (Å²) < 4.78 is 16.9. The van der Waals surface area contributed by atoms with Crippen molar-refractivity contribution in [3.63, 3.8) is 0 Å². The van der Waals surface area contributed by atoms with Gasteiger partial charge in [0.05, 0.1) is 0 Å². The summed E-state index contributed by atoms with van der Waals surface area (Å²) in [7, 11) is 0. The molecule has 0 aromatic carbocycles. The third-order valence-electron chi connectivity index (χ3n) is 15.3. The molecule has 0 rings (SSSR count). The SMILES string of the molecule is CC/C=C\C/C=C\C/C=C\C/C=C\C/C=C\CCCC(=O)OC(COC(=O)CCCCCC/C=C\C/C=C\C/C=C\C/C=C\CC)COC(=O)CCCCCCCCCCCCCCCCCCCCCCCCCCCCCCCCC. The van der Waals surface area contributed by atoms with E-state index >= 15 is 0 Å². The summed E-state index contributed by atoms with van der Waals surface area (Å²) in [5.74, 6) is -0.980. The molecule has 0 aromatic heterocycles. The maximum absolute atomic E-state index is 12.9. The van der Waals surface area contributed by atoms with Gasteiger partial charge in [-0.3, -0.25) is 14.4 Å². The van der Waals surface area contributed by atoms with Gasteiger partial charge in [-0.2, -0.15) is 0 Å². The predicted octanol–water partition coefficient (Wildman–Crippen LogP) is 24.6. The van der Waals surface area contributed by atoms with E-state index < -0.39 is 6.10 Å². The van der Waals surface area contributed by atoms with Crippen LogP contribution in [0.1, 0.15) is 342 Å². The second kappa shape index (κ2) is 70.6. The number of ether oxygens (including phenoxy) is 3. The highest BCUT2D eigenvalue weighted by atomic mass is 16.6. The van der Waals surface area contributed by atoms with Crippen LogP contribution in [-0.2, 0) is 28.6 Å². The first-order valence-corrected chi connectivity index (χ1v) is 35.4. The summed E-state index contributed by atoms with van der Waals surface area (Å²) in [5.41, 5.74) is 0. The van der Waals surface area contributed by atoms with E-state index in [0.29, 0.717) is 19.3 Å². The van der Waals surface area contributed by atoms with E-state index in [0.717, 1.165) is 116 Å². The van der Waals surface area contributed by atoms with Gasteiger partial charge in [0.2, 0.25) is 0 Å². The monoisotopic (exact) mass is 1150 g/mol. The Morgan fingerprint density at radius 3 is 0.771 bits per heavy atom. The summed E-state index contributed by atoms with van der Waals surface area (Å²) in [6, 6.07) is 0. The average Bonchev–Trinajstić information content (AvgIpc) is 3.50. The second-order valence-corrected chi connectivity index (χ2v) is 23.4. The molecule has 0 heterocycles. The Morgan fingerprint density at radius 1 is 0.253 bits per heavy atom. The first-order valence-electron chi connectivity index (χ1n) is 35.4. The second-order valence-electron chi connectivity index (χ2n) is 23.4. The van der Waals surface area contributed by atoms with Gasteiger partial charge in [-0.25, -0.2) is 0 Å². The van der Waals surface area contributed by atoms with Crippen molar-refractivity contribution in [2.75, 3.05) is 13.2 Å². The number of esters is 3. The molecule has 1 unspecified atom stereocenters. The Labute approximate surface area is 514 Å². The van der Waals surface area contributed by atoms with Crippen molar-refractivity contribution in [3.8, 4) is 0 Å². The predicted molar refractivity (Wildman–Crippen MR) is 362 cm³/mol. The molecule has 0 fully saturated rings. The molecule has 0 spiro atoms. The van der Waals surface area contributed by atoms with Crippen LogP contribution in [0.25, 0.3) is 0 Å². The lowest BCUT2D eigenvalue weighted by Gasteiger charge is -2.18. The molecule has 6 heteroatoms. The summed E-state index contributed by atoms with van der Waals surface area (Å²) in [5, 5.41) is 0. The fraction of sp³-hybridized carbons (Fsp3) is 0.727. The van der Waals surface area contributed by atoms with Crippen LogP contribution in [0.3, 0.4) is 0 Å². The molecule has 0 aliphatic rings. The van der Waals surface area contributed by atoms with E-state index in [-0.39, 0.29) is 37.5 Å². The molecule has 0 aromatic rings. The van der Waals surface area contributed by atoms with Gasteiger partial charge in [0.1, 0.15) is 13.2 Å². The minimum Gasteiger partial charge on any atom is -0.462 e. The smallest absolute Gasteiger partial charge is 0.306 e. The molecule has 0 saturated heterocycles. The van der Waals surface area contributed by atoms with Gasteiger partial charge in [-0.15, -0.1) is 0 Å². The molecular weight excluding hydrogens is 1020 g/mol. The molecule has 83 heavy (non-hydrogen) atoms. The van der Waals surface area contributed by atoms with Crippen molar-refractivity contribution in [2.24, 2.45) is 0 Å². The number of rotatable bonds is 64. The number of carbonyl (C=O) groups is 3. The fourth-order valence-electron chi connectivity index (χ4n) is 10.1. The van der Waals surface area contributed by atoms with E-state index in [4.69, 9.17) is 14.2 Å². The zero-order chi connectivity index (χ0) is 59.9. The molecule has 0 amide bonds. The lowest BCUT2D eigenvalue weighted by Crippen LogP contribution is -2.30. The van der Waals surface area contributed by atoms with Crippen LogP contribution in [0, 0.1) is 0 Å². The molecule has 0 aliphatic heterocycles. The van der Waals surface area contributed by atoms with Crippen LogP contribution in [0.5, 0.6) is 0 Å². The van der Waals surface area contributed by atoms with E-state index in [1.165, 1.54) is 180 Å². The van der Waals surface area contributed by atoms with Crippen molar-refractivity contribution < 1.29 is 28.6 Å². The Kier molecular flexibility index (Phi) is 67.2. The number of carbonyl (C=O) groups excluding carboxylic acids is 3. The number of unbranched alkanes of at least 4 members (excludes halogenated alkanes) is 35. The Morgan fingerprint density at radius 2 is 0.482 bits per heavy atom. The van der Waals surface area contributed by atoms with Crippen LogP contribution in [-0.4, -0.2) is 37.2 Å². The normalized spacial score (nSPS) is 12.8. The zero-order valence-electron chi connectivity index (χ0n) is 54.7. The first kappa shape index (κ1) is 79.1. The number of hydrogen-bond donors (Lipinski definition) is 0. The molecule has 476 valence electrons. The first-order chi connectivity index (χ1) is 41.0. The van der Waals surface area contributed by atoms with Gasteiger partial charge in [0, 0.05) is 19.3 Å². The van der Waals surface area contributed by atoms with E-state index in [2.05, 4.69) is 130 Å². The van der Waals surface area contributed by atoms with Gasteiger partial charge < -0.3 is 14.2 Å². The van der Waals surface area contributed by atoms with Crippen molar-refractivity contribution in [2.45, 2.75) is 348 Å². The van der Waals surface area contributed by atoms with Crippen LogP contribution in [0.2, 0.25) is 0 Å². The summed E-state index contributed by atoms with van der Waals surface area (Å²) in [4.78, 5) is 38.4.